The van der Waals surface area contributed by atoms with Crippen molar-refractivity contribution in [2.24, 2.45) is 0 Å². The Morgan fingerprint density at radius 2 is 1.80 bits per heavy atom. The Morgan fingerprint density at radius 3 is 2.43 bits per heavy atom. The number of carbonyl (C=O) groups is 1. The lowest BCUT2D eigenvalue weighted by molar-refractivity contribution is -0.140. The van der Waals surface area contributed by atoms with Gasteiger partial charge in [0.1, 0.15) is 5.75 Å². The largest absolute Gasteiger partial charge is 0.508 e. The number of aryl methyl sites for hydroxylation is 1. The van der Waals surface area contributed by atoms with Crippen molar-refractivity contribution in [3.63, 3.8) is 0 Å². The number of ether oxygens (including phenoxy) is 1. The summed E-state index contributed by atoms with van der Waals surface area (Å²) in [6.07, 6.45) is 1.69. The Balaban J connectivity index is 2.12. The van der Waals surface area contributed by atoms with Gasteiger partial charge in [-0.25, -0.2) is 0 Å². The molecule has 0 aromatic heterocycles. The Kier molecular flexibility index (Phi) is 10.5. The van der Waals surface area contributed by atoms with E-state index in [1.165, 1.54) is 12.7 Å². The van der Waals surface area contributed by atoms with E-state index in [1.54, 1.807) is 6.07 Å². The van der Waals surface area contributed by atoms with Gasteiger partial charge in [-0.15, -0.1) is 0 Å². The van der Waals surface area contributed by atoms with Crippen molar-refractivity contribution < 1.29 is 24.2 Å². The standard InChI is InChI=1S/C28H43NO5Si/c1-20(15-22-10-8-9-21(16-22)11-14-27(32)33-5)29-18-26(34-35(6,7)28(2,3)4)23-12-13-25(31)24(17-23)19-30/h8-10,12-13,16-17,20,26,29-31H,11,14-15,18-19H2,1-7H3/t20-,26+/m1/s1. The van der Waals surface area contributed by atoms with E-state index in [0.29, 0.717) is 24.9 Å². The minimum atomic E-state index is -2.07. The second-order valence-corrected chi connectivity index (χ2v) is 15.6. The van der Waals surface area contributed by atoms with Gasteiger partial charge >= 0.3 is 5.97 Å². The first-order valence-electron chi connectivity index (χ1n) is 12.3. The number of hydrogen-bond donors (Lipinski definition) is 3. The molecule has 7 heteroatoms. The lowest BCUT2D eigenvalue weighted by atomic mass is 10.0. The van der Waals surface area contributed by atoms with Crippen LogP contribution in [0.15, 0.2) is 42.5 Å². The third-order valence-corrected chi connectivity index (χ3v) is 11.4. The molecule has 0 bridgehead atoms. The molecule has 0 radical (unpaired) electrons. The number of nitrogens with one attached hydrogen (secondary N) is 1. The van der Waals surface area contributed by atoms with Crippen molar-refractivity contribution in [3.8, 4) is 5.75 Å². The van der Waals surface area contributed by atoms with E-state index in [-0.39, 0.29) is 35.5 Å². The van der Waals surface area contributed by atoms with Gasteiger partial charge in [0.2, 0.25) is 0 Å². The van der Waals surface area contributed by atoms with E-state index in [0.717, 1.165) is 17.5 Å². The summed E-state index contributed by atoms with van der Waals surface area (Å²) in [6.45, 7) is 13.7. The third-order valence-electron chi connectivity index (χ3n) is 6.92. The number of benzene rings is 2. The predicted molar refractivity (Wildman–Crippen MR) is 143 cm³/mol. The summed E-state index contributed by atoms with van der Waals surface area (Å²) in [5.41, 5.74) is 3.78. The van der Waals surface area contributed by atoms with E-state index in [9.17, 15) is 15.0 Å². The van der Waals surface area contributed by atoms with E-state index >= 15 is 0 Å². The van der Waals surface area contributed by atoms with Crippen LogP contribution in [-0.4, -0.2) is 44.2 Å². The van der Waals surface area contributed by atoms with Crippen LogP contribution in [0.1, 0.15) is 62.5 Å². The molecule has 0 heterocycles. The molecule has 0 saturated heterocycles. The lowest BCUT2D eigenvalue weighted by Gasteiger charge is -2.40. The average Bonchev–Trinajstić information content (AvgIpc) is 2.80. The Labute approximate surface area is 211 Å². The number of phenols is 1. The van der Waals surface area contributed by atoms with Gasteiger partial charge in [-0.2, -0.15) is 0 Å². The highest BCUT2D eigenvalue weighted by Crippen LogP contribution is 2.40. The first kappa shape index (κ1) is 29.0. The smallest absolute Gasteiger partial charge is 0.305 e. The molecule has 0 spiro atoms. The number of hydrogen-bond acceptors (Lipinski definition) is 6. The zero-order valence-corrected chi connectivity index (χ0v) is 23.4. The topological polar surface area (TPSA) is 88.0 Å². The maximum absolute atomic E-state index is 11.5. The highest BCUT2D eigenvalue weighted by Gasteiger charge is 2.39. The Hall–Kier alpha value is -2.19. The highest BCUT2D eigenvalue weighted by molar-refractivity contribution is 6.74. The lowest BCUT2D eigenvalue weighted by Crippen LogP contribution is -2.44. The van der Waals surface area contributed by atoms with E-state index in [2.05, 4.69) is 58.2 Å². The summed E-state index contributed by atoms with van der Waals surface area (Å²) >= 11 is 0. The minimum absolute atomic E-state index is 0.0538. The molecule has 0 unspecified atom stereocenters. The van der Waals surface area contributed by atoms with Crippen LogP contribution in [-0.2, 0) is 33.4 Å². The summed E-state index contributed by atoms with van der Waals surface area (Å²) in [5.74, 6) is -0.104. The summed E-state index contributed by atoms with van der Waals surface area (Å²) in [6, 6.07) is 13.9. The Morgan fingerprint density at radius 1 is 1.11 bits per heavy atom. The van der Waals surface area contributed by atoms with Gasteiger partial charge in [0, 0.05) is 24.6 Å². The van der Waals surface area contributed by atoms with E-state index in [1.807, 2.05) is 24.3 Å². The van der Waals surface area contributed by atoms with Gasteiger partial charge in [0.15, 0.2) is 8.32 Å². The van der Waals surface area contributed by atoms with Crippen molar-refractivity contribution in [2.75, 3.05) is 13.7 Å². The van der Waals surface area contributed by atoms with Crippen molar-refractivity contribution >= 4 is 14.3 Å². The maximum atomic E-state index is 11.5. The zero-order chi connectivity index (χ0) is 26.2. The second-order valence-electron chi connectivity index (χ2n) is 10.8. The van der Waals surface area contributed by atoms with E-state index in [4.69, 9.17) is 9.16 Å². The molecule has 2 aromatic rings. The van der Waals surface area contributed by atoms with Crippen LogP contribution in [0.2, 0.25) is 18.1 Å². The first-order valence-corrected chi connectivity index (χ1v) is 15.3. The number of aliphatic hydroxyl groups is 1. The Bertz CT molecular complexity index is 970. The van der Waals surface area contributed by atoms with Crippen LogP contribution in [0, 0.1) is 0 Å². The highest BCUT2D eigenvalue weighted by atomic mass is 28.4. The van der Waals surface area contributed by atoms with Crippen molar-refractivity contribution in [3.05, 3.63) is 64.7 Å². The SMILES string of the molecule is COC(=O)CCc1cccc(C[C@@H](C)NC[C@H](O[Si](C)(C)C(C)(C)C)c2ccc(O)c(CO)c2)c1. The fourth-order valence-corrected chi connectivity index (χ4v) is 4.97. The molecule has 2 rings (SSSR count). The molecule has 0 fully saturated rings. The van der Waals surface area contributed by atoms with Crippen molar-refractivity contribution in [1.82, 2.24) is 5.32 Å². The molecule has 0 aliphatic rings. The van der Waals surface area contributed by atoms with Gasteiger partial charge in [-0.1, -0.05) is 51.1 Å². The number of methoxy groups -OCH3 is 1. The van der Waals surface area contributed by atoms with Gasteiger partial charge in [0.05, 0.1) is 19.8 Å². The fraction of sp³-hybridized carbons (Fsp3) is 0.536. The van der Waals surface area contributed by atoms with Crippen LogP contribution in [0.25, 0.3) is 0 Å². The molecule has 0 aliphatic heterocycles. The second kappa shape index (κ2) is 12.7. The monoisotopic (exact) mass is 501 g/mol. The quantitative estimate of drug-likeness (QED) is 0.271. The van der Waals surface area contributed by atoms with Gasteiger partial charge in [0.25, 0.3) is 0 Å². The molecule has 35 heavy (non-hydrogen) atoms. The minimum Gasteiger partial charge on any atom is -0.508 e. The summed E-state index contributed by atoms with van der Waals surface area (Å²) in [5, 5.41) is 23.4. The molecular weight excluding hydrogens is 458 g/mol. The number of esters is 1. The molecule has 0 amide bonds. The van der Waals surface area contributed by atoms with Gasteiger partial charge in [-0.3, -0.25) is 4.79 Å². The van der Waals surface area contributed by atoms with Gasteiger partial charge < -0.3 is 24.7 Å². The summed E-state index contributed by atoms with van der Waals surface area (Å²) < 4.78 is 11.5. The van der Waals surface area contributed by atoms with Crippen LogP contribution in [0.3, 0.4) is 0 Å². The third kappa shape index (κ3) is 8.76. The van der Waals surface area contributed by atoms with Crippen LogP contribution in [0.4, 0.5) is 0 Å². The maximum Gasteiger partial charge on any atom is 0.305 e. The first-order chi connectivity index (χ1) is 16.4. The van der Waals surface area contributed by atoms with Crippen LogP contribution < -0.4 is 5.32 Å². The van der Waals surface area contributed by atoms with Crippen LogP contribution in [0.5, 0.6) is 5.75 Å². The average molecular weight is 502 g/mol. The molecule has 0 saturated carbocycles. The molecule has 0 aliphatic carbocycles. The molecule has 194 valence electrons. The zero-order valence-electron chi connectivity index (χ0n) is 22.4. The summed E-state index contributed by atoms with van der Waals surface area (Å²) in [4.78, 5) is 11.5. The van der Waals surface area contributed by atoms with Crippen LogP contribution >= 0.6 is 0 Å². The van der Waals surface area contributed by atoms with Crippen molar-refractivity contribution in [1.29, 1.82) is 0 Å². The number of rotatable bonds is 12. The van der Waals surface area contributed by atoms with E-state index < -0.39 is 8.32 Å². The predicted octanol–water partition coefficient (Wildman–Crippen LogP) is 5.27. The molecule has 6 nitrogen and oxygen atoms in total. The number of carbonyl (C=O) groups excluding carboxylic acids is 1. The molecule has 2 aromatic carbocycles. The fourth-order valence-electron chi connectivity index (χ4n) is 3.69. The van der Waals surface area contributed by atoms with Gasteiger partial charge in [-0.05, 0) is 66.7 Å². The number of aliphatic hydroxyl groups excluding tert-OH is 1. The van der Waals surface area contributed by atoms with Crippen molar-refractivity contribution in [2.45, 2.75) is 83.8 Å². The summed E-state index contributed by atoms with van der Waals surface area (Å²) in [7, 11) is -0.656. The molecule has 2 atom stereocenters. The molecule has 3 N–H and O–H groups in total. The molecular formula is C28H43NO5Si. The normalized spacial score (nSPS) is 13.9. The number of aromatic hydroxyl groups is 1.